The van der Waals surface area contributed by atoms with Gasteiger partial charge in [0.1, 0.15) is 10.8 Å². The van der Waals surface area contributed by atoms with E-state index in [2.05, 4.69) is 4.98 Å². The van der Waals surface area contributed by atoms with Crippen molar-refractivity contribution in [1.82, 2.24) is 4.98 Å². The fourth-order valence-electron chi connectivity index (χ4n) is 2.40. The summed E-state index contributed by atoms with van der Waals surface area (Å²) in [6, 6.07) is 16.9. The zero-order valence-electron chi connectivity index (χ0n) is 14.4. The van der Waals surface area contributed by atoms with Crippen molar-refractivity contribution in [3.05, 3.63) is 65.9 Å². The second-order valence-electron chi connectivity index (χ2n) is 5.63. The topological polar surface area (TPSA) is 65.5 Å². The molecule has 1 aromatic heterocycles. The van der Waals surface area contributed by atoms with E-state index in [0.29, 0.717) is 22.9 Å². The van der Waals surface area contributed by atoms with E-state index in [1.54, 1.807) is 12.1 Å². The van der Waals surface area contributed by atoms with Crippen molar-refractivity contribution in [2.45, 2.75) is 20.3 Å². The van der Waals surface area contributed by atoms with Crippen LogP contribution < -0.4 is 9.47 Å². The molecule has 0 bridgehead atoms. The first-order valence-electron chi connectivity index (χ1n) is 8.02. The summed E-state index contributed by atoms with van der Waals surface area (Å²) in [6.07, 6.45) is 0.506. The number of rotatable bonds is 5. The van der Waals surface area contributed by atoms with Crippen LogP contribution in [0.1, 0.15) is 25.1 Å². The van der Waals surface area contributed by atoms with Crippen LogP contribution in [-0.2, 0) is 16.0 Å². The minimum Gasteiger partial charge on any atom is -0.427 e. The van der Waals surface area contributed by atoms with Gasteiger partial charge in [0.25, 0.3) is 0 Å². The van der Waals surface area contributed by atoms with Gasteiger partial charge in [-0.25, -0.2) is 4.98 Å². The van der Waals surface area contributed by atoms with Crippen LogP contribution in [0.15, 0.2) is 54.6 Å². The zero-order valence-corrected chi connectivity index (χ0v) is 15.2. The number of hydrogen-bond acceptors (Lipinski definition) is 6. The molecule has 3 rings (SSSR count). The van der Waals surface area contributed by atoms with Gasteiger partial charge in [0, 0.05) is 25.8 Å². The van der Waals surface area contributed by atoms with Crippen molar-refractivity contribution in [1.29, 1.82) is 0 Å². The molecule has 0 spiro atoms. The number of thiazole rings is 1. The highest BCUT2D eigenvalue weighted by molar-refractivity contribution is 7.17. The molecule has 132 valence electrons. The molecule has 0 saturated carbocycles. The molecule has 0 amide bonds. The standard InChI is InChI=1S/C20H17NO4S/c1-13(22)24-17-10-8-15(9-11-17)12-18-20(25-14(2)23)26-19(21-18)16-6-4-3-5-7-16/h3-11H,12H2,1-2H3. The van der Waals surface area contributed by atoms with Crippen molar-refractivity contribution in [3.8, 4) is 21.4 Å². The normalized spacial score (nSPS) is 10.4. The van der Waals surface area contributed by atoms with Gasteiger partial charge in [-0.2, -0.15) is 0 Å². The third kappa shape index (κ3) is 4.55. The maximum absolute atomic E-state index is 11.4. The monoisotopic (exact) mass is 367 g/mol. The Morgan fingerprint density at radius 1 is 0.923 bits per heavy atom. The third-order valence-electron chi connectivity index (χ3n) is 3.48. The molecular formula is C20H17NO4S. The van der Waals surface area contributed by atoms with Crippen LogP contribution in [0.3, 0.4) is 0 Å². The minimum absolute atomic E-state index is 0.359. The highest BCUT2D eigenvalue weighted by Gasteiger charge is 2.16. The van der Waals surface area contributed by atoms with Crippen molar-refractivity contribution >= 4 is 23.3 Å². The molecule has 26 heavy (non-hydrogen) atoms. The SMILES string of the molecule is CC(=O)Oc1ccc(Cc2nc(-c3ccccc3)sc2OC(C)=O)cc1. The van der Waals surface area contributed by atoms with Crippen LogP contribution in [-0.4, -0.2) is 16.9 Å². The number of hydrogen-bond donors (Lipinski definition) is 0. The van der Waals surface area contributed by atoms with Crippen LogP contribution >= 0.6 is 11.3 Å². The van der Waals surface area contributed by atoms with Gasteiger partial charge in [0.2, 0.25) is 5.06 Å². The summed E-state index contributed by atoms with van der Waals surface area (Å²) >= 11 is 1.35. The summed E-state index contributed by atoms with van der Waals surface area (Å²) in [5, 5.41) is 1.30. The number of carbonyl (C=O) groups excluding carboxylic acids is 2. The highest BCUT2D eigenvalue weighted by atomic mass is 32.1. The smallest absolute Gasteiger partial charge is 0.308 e. The first-order chi connectivity index (χ1) is 12.5. The number of esters is 2. The summed E-state index contributed by atoms with van der Waals surface area (Å²) in [5.41, 5.74) is 2.64. The van der Waals surface area contributed by atoms with Gasteiger partial charge in [-0.15, -0.1) is 0 Å². The Bertz CT molecular complexity index is 917. The van der Waals surface area contributed by atoms with Crippen molar-refractivity contribution in [3.63, 3.8) is 0 Å². The predicted molar refractivity (Wildman–Crippen MR) is 99.4 cm³/mol. The third-order valence-corrected chi connectivity index (χ3v) is 4.50. The lowest BCUT2D eigenvalue weighted by Gasteiger charge is -2.04. The predicted octanol–water partition coefficient (Wildman–Crippen LogP) is 4.25. The van der Waals surface area contributed by atoms with Crippen molar-refractivity contribution < 1.29 is 19.1 Å². The average molecular weight is 367 g/mol. The Labute approximate surface area is 155 Å². The lowest BCUT2D eigenvalue weighted by molar-refractivity contribution is -0.132. The summed E-state index contributed by atoms with van der Waals surface area (Å²) in [5.74, 6) is -0.244. The fraction of sp³-hybridized carbons (Fsp3) is 0.150. The van der Waals surface area contributed by atoms with Gasteiger partial charge in [-0.1, -0.05) is 53.8 Å². The van der Waals surface area contributed by atoms with Crippen LogP contribution in [0.2, 0.25) is 0 Å². The van der Waals surface area contributed by atoms with E-state index >= 15 is 0 Å². The molecule has 6 heteroatoms. The lowest BCUT2D eigenvalue weighted by atomic mass is 10.1. The van der Waals surface area contributed by atoms with Crippen molar-refractivity contribution in [2.75, 3.05) is 0 Å². The van der Waals surface area contributed by atoms with E-state index in [0.717, 1.165) is 16.1 Å². The molecule has 0 saturated heterocycles. The first-order valence-corrected chi connectivity index (χ1v) is 8.84. The second-order valence-corrected chi connectivity index (χ2v) is 6.59. The molecule has 3 aromatic rings. The fourth-order valence-corrected chi connectivity index (χ4v) is 3.38. The van der Waals surface area contributed by atoms with Gasteiger partial charge in [-0.3, -0.25) is 9.59 Å². The van der Waals surface area contributed by atoms with E-state index in [4.69, 9.17) is 9.47 Å². The number of ether oxygens (including phenoxy) is 2. The molecule has 0 radical (unpaired) electrons. The number of aromatic nitrogens is 1. The Morgan fingerprint density at radius 3 is 2.19 bits per heavy atom. The van der Waals surface area contributed by atoms with Crippen molar-refractivity contribution in [2.24, 2.45) is 0 Å². The molecule has 0 aliphatic rings. The Balaban J connectivity index is 1.87. The molecule has 0 unspecified atom stereocenters. The second kappa shape index (κ2) is 7.93. The van der Waals surface area contributed by atoms with Crippen LogP contribution in [0.5, 0.6) is 10.8 Å². The highest BCUT2D eigenvalue weighted by Crippen LogP contribution is 2.35. The molecule has 0 aliphatic carbocycles. The van der Waals surface area contributed by atoms with E-state index < -0.39 is 0 Å². The van der Waals surface area contributed by atoms with Gasteiger partial charge in [0.05, 0.1) is 5.69 Å². The van der Waals surface area contributed by atoms with Gasteiger partial charge < -0.3 is 9.47 Å². The number of carbonyl (C=O) groups is 2. The molecule has 0 N–H and O–H groups in total. The quantitative estimate of drug-likeness (QED) is 0.498. The van der Waals surface area contributed by atoms with Crippen LogP contribution in [0, 0.1) is 0 Å². The van der Waals surface area contributed by atoms with E-state index in [1.807, 2.05) is 42.5 Å². The Kier molecular flexibility index (Phi) is 5.43. The number of benzene rings is 2. The van der Waals surface area contributed by atoms with Gasteiger partial charge in [-0.05, 0) is 17.7 Å². The average Bonchev–Trinajstić information content (AvgIpc) is 2.99. The minimum atomic E-state index is -0.375. The summed E-state index contributed by atoms with van der Waals surface area (Å²) in [7, 11) is 0. The lowest BCUT2D eigenvalue weighted by Crippen LogP contribution is -2.03. The summed E-state index contributed by atoms with van der Waals surface area (Å²) < 4.78 is 10.4. The van der Waals surface area contributed by atoms with Gasteiger partial charge in [0.15, 0.2) is 0 Å². The van der Waals surface area contributed by atoms with E-state index in [9.17, 15) is 9.59 Å². The Hall–Kier alpha value is -2.99. The molecule has 0 atom stereocenters. The molecule has 2 aromatic carbocycles. The largest absolute Gasteiger partial charge is 0.427 e. The van der Waals surface area contributed by atoms with Crippen LogP contribution in [0.4, 0.5) is 0 Å². The summed E-state index contributed by atoms with van der Waals surface area (Å²) in [6.45, 7) is 2.74. The van der Waals surface area contributed by atoms with E-state index in [-0.39, 0.29) is 11.9 Å². The zero-order chi connectivity index (χ0) is 18.5. The first kappa shape index (κ1) is 17.8. The Morgan fingerprint density at radius 2 is 1.58 bits per heavy atom. The summed E-state index contributed by atoms with van der Waals surface area (Å²) in [4.78, 5) is 27.1. The maximum Gasteiger partial charge on any atom is 0.308 e. The van der Waals surface area contributed by atoms with Crippen LogP contribution in [0.25, 0.3) is 10.6 Å². The van der Waals surface area contributed by atoms with Gasteiger partial charge >= 0.3 is 11.9 Å². The molecule has 1 heterocycles. The van der Waals surface area contributed by atoms with E-state index in [1.165, 1.54) is 25.2 Å². The molecular weight excluding hydrogens is 350 g/mol. The molecule has 5 nitrogen and oxygen atoms in total. The maximum atomic E-state index is 11.4. The molecule has 0 fully saturated rings. The molecule has 0 aliphatic heterocycles. The number of nitrogens with zero attached hydrogens (tertiary/aromatic N) is 1.